The number of aryl methyl sites for hydroxylation is 2. The lowest BCUT2D eigenvalue weighted by Gasteiger charge is -2.08. The van der Waals surface area contributed by atoms with Crippen LogP contribution in [0.4, 0.5) is 13.2 Å². The maximum atomic E-state index is 10.7. The SMILES string of the molecule is CCCCCCCCc1ccc([I+]c2ccc(CCCCCCCC)cc2)cc1.O=S(=O)([O-])C(F)(F)F. The highest BCUT2D eigenvalue weighted by atomic mass is 127. The molecule has 0 radical (unpaired) electrons. The molecular formula is C29H42F3IO3S. The van der Waals surface area contributed by atoms with Gasteiger partial charge in [0.2, 0.25) is 0 Å². The topological polar surface area (TPSA) is 57.2 Å². The summed E-state index contributed by atoms with van der Waals surface area (Å²) in [5.74, 6) is 0. The molecule has 0 fully saturated rings. The summed E-state index contributed by atoms with van der Waals surface area (Å²) in [7, 11) is -6.09. The average molecular weight is 655 g/mol. The molecule has 0 atom stereocenters. The van der Waals surface area contributed by atoms with E-state index in [1.165, 1.54) is 101 Å². The summed E-state index contributed by atoms with van der Waals surface area (Å²) >= 11 is -0.0450. The summed E-state index contributed by atoms with van der Waals surface area (Å²) in [5, 5.41) is 0. The summed E-state index contributed by atoms with van der Waals surface area (Å²) in [6.07, 6.45) is 19.1. The number of halogens is 4. The molecule has 37 heavy (non-hydrogen) atoms. The zero-order valence-electron chi connectivity index (χ0n) is 22.2. The van der Waals surface area contributed by atoms with Gasteiger partial charge in [-0.25, -0.2) is 8.42 Å². The third kappa shape index (κ3) is 16.4. The fraction of sp³-hybridized carbons (Fsp3) is 0.586. The van der Waals surface area contributed by atoms with Gasteiger partial charge in [-0.3, -0.25) is 0 Å². The second kappa shape index (κ2) is 19.0. The van der Waals surface area contributed by atoms with Crippen LogP contribution in [0.1, 0.15) is 102 Å². The van der Waals surface area contributed by atoms with E-state index in [0.29, 0.717) is 0 Å². The smallest absolute Gasteiger partial charge is 0.485 e. The van der Waals surface area contributed by atoms with Crippen LogP contribution < -0.4 is 21.2 Å². The van der Waals surface area contributed by atoms with Crippen molar-refractivity contribution in [2.24, 2.45) is 0 Å². The van der Waals surface area contributed by atoms with Crippen LogP contribution in [0.15, 0.2) is 48.5 Å². The minimum absolute atomic E-state index is 0.0450. The van der Waals surface area contributed by atoms with Crippen LogP contribution >= 0.6 is 0 Å². The lowest BCUT2D eigenvalue weighted by atomic mass is 10.1. The minimum Gasteiger partial charge on any atom is -0.741 e. The van der Waals surface area contributed by atoms with Gasteiger partial charge in [0, 0.05) is 0 Å². The average Bonchev–Trinajstić information content (AvgIpc) is 2.85. The van der Waals surface area contributed by atoms with E-state index in [0.717, 1.165) is 0 Å². The van der Waals surface area contributed by atoms with E-state index in [9.17, 15) is 13.2 Å². The van der Waals surface area contributed by atoms with Crippen LogP contribution in [-0.2, 0) is 23.0 Å². The first-order valence-electron chi connectivity index (χ1n) is 13.4. The van der Waals surface area contributed by atoms with Crippen molar-refractivity contribution in [1.29, 1.82) is 0 Å². The lowest BCUT2D eigenvalue weighted by Crippen LogP contribution is -3.61. The van der Waals surface area contributed by atoms with E-state index < -0.39 is 15.6 Å². The van der Waals surface area contributed by atoms with Gasteiger partial charge >= 0.3 is 26.7 Å². The Hall–Kier alpha value is -1.13. The van der Waals surface area contributed by atoms with Crippen molar-refractivity contribution >= 4 is 10.1 Å². The van der Waals surface area contributed by atoms with E-state index in [1.54, 1.807) is 7.14 Å². The second-order valence-corrected chi connectivity index (χ2v) is 13.7. The first-order chi connectivity index (χ1) is 17.6. The molecule has 0 bridgehead atoms. The highest BCUT2D eigenvalue weighted by Crippen LogP contribution is 2.20. The van der Waals surface area contributed by atoms with Crippen molar-refractivity contribution in [3.63, 3.8) is 0 Å². The Morgan fingerprint density at radius 1 is 0.622 bits per heavy atom. The molecule has 0 aromatic heterocycles. The number of alkyl halides is 3. The summed E-state index contributed by atoms with van der Waals surface area (Å²) in [6.45, 7) is 4.57. The molecule has 2 aromatic rings. The Morgan fingerprint density at radius 3 is 1.22 bits per heavy atom. The first-order valence-corrected chi connectivity index (χ1v) is 17.0. The molecule has 0 amide bonds. The quantitative estimate of drug-likeness (QED) is 0.102. The zero-order valence-corrected chi connectivity index (χ0v) is 25.1. The van der Waals surface area contributed by atoms with E-state index in [-0.39, 0.29) is 21.2 Å². The van der Waals surface area contributed by atoms with Crippen molar-refractivity contribution in [3.05, 3.63) is 66.8 Å². The third-order valence-electron chi connectivity index (χ3n) is 5.97. The summed E-state index contributed by atoms with van der Waals surface area (Å²) in [5.41, 5.74) is -2.61. The van der Waals surface area contributed by atoms with Gasteiger partial charge in [0.1, 0.15) is 0 Å². The molecule has 0 unspecified atom stereocenters. The van der Waals surface area contributed by atoms with Crippen molar-refractivity contribution in [3.8, 4) is 0 Å². The highest BCUT2D eigenvalue weighted by Gasteiger charge is 2.36. The molecule has 3 nitrogen and oxygen atoms in total. The molecule has 8 heteroatoms. The number of hydrogen-bond acceptors (Lipinski definition) is 3. The minimum atomic E-state index is -6.09. The molecule has 2 rings (SSSR count). The first kappa shape index (κ1) is 33.9. The van der Waals surface area contributed by atoms with Crippen molar-refractivity contribution in [2.45, 2.75) is 109 Å². The molecule has 0 N–H and O–H groups in total. The van der Waals surface area contributed by atoms with E-state index in [1.807, 2.05) is 0 Å². The summed E-state index contributed by atoms with van der Waals surface area (Å²) in [4.78, 5) is 0. The largest absolute Gasteiger partial charge is 0.741 e. The number of rotatable bonds is 16. The molecule has 0 aliphatic rings. The molecule has 210 valence electrons. The second-order valence-electron chi connectivity index (χ2n) is 9.28. The number of unbranched alkanes of at least 4 members (excludes halogenated alkanes) is 10. The van der Waals surface area contributed by atoms with Gasteiger partial charge in [-0.2, -0.15) is 13.2 Å². The highest BCUT2D eigenvalue weighted by molar-refractivity contribution is 7.86. The van der Waals surface area contributed by atoms with Crippen LogP contribution in [-0.4, -0.2) is 18.5 Å². The molecule has 2 aromatic carbocycles. The molecule has 0 aliphatic carbocycles. The molecular weight excluding hydrogens is 612 g/mol. The van der Waals surface area contributed by atoms with Crippen LogP contribution in [0.5, 0.6) is 0 Å². The Kier molecular flexibility index (Phi) is 17.4. The van der Waals surface area contributed by atoms with Gasteiger partial charge in [0.05, 0.1) is 0 Å². The van der Waals surface area contributed by atoms with Gasteiger partial charge < -0.3 is 4.55 Å². The van der Waals surface area contributed by atoms with Crippen molar-refractivity contribution in [1.82, 2.24) is 0 Å². The Morgan fingerprint density at radius 2 is 0.919 bits per heavy atom. The van der Waals surface area contributed by atoms with Crippen molar-refractivity contribution < 1.29 is 47.3 Å². The predicted molar refractivity (Wildman–Crippen MR) is 140 cm³/mol. The van der Waals surface area contributed by atoms with E-state index in [2.05, 4.69) is 62.4 Å². The van der Waals surface area contributed by atoms with Crippen molar-refractivity contribution in [2.75, 3.05) is 0 Å². The van der Waals surface area contributed by atoms with Gasteiger partial charge in [0.25, 0.3) is 0 Å². The van der Waals surface area contributed by atoms with Crippen LogP contribution in [0, 0.1) is 7.14 Å². The van der Waals surface area contributed by atoms with Crippen LogP contribution in [0.3, 0.4) is 0 Å². The molecule has 0 aliphatic heterocycles. The summed E-state index contributed by atoms with van der Waals surface area (Å²) in [6, 6.07) is 19.0. The lowest BCUT2D eigenvalue weighted by molar-refractivity contribution is -0.597. The maximum absolute atomic E-state index is 10.7. The summed E-state index contributed by atoms with van der Waals surface area (Å²) < 4.78 is 62.0. The molecule has 0 spiro atoms. The van der Waals surface area contributed by atoms with Gasteiger partial charge in [-0.1, -0.05) is 102 Å². The monoisotopic (exact) mass is 654 g/mol. The standard InChI is InChI=1S/C28H42I.CHF3O3S/c1-3-5-7-9-11-13-15-25-17-21-27(22-18-25)29-28-23-19-26(20-24-28)16-14-12-10-8-6-4-2;2-1(3,4)8(5,6)7/h17-24H,3-16H2,1-2H3;(H,5,6,7)/q+1;/p-1. The molecule has 0 heterocycles. The number of benzene rings is 2. The van der Waals surface area contributed by atoms with Gasteiger partial charge in [-0.15, -0.1) is 0 Å². The van der Waals surface area contributed by atoms with E-state index in [4.69, 9.17) is 13.0 Å². The maximum Gasteiger partial charge on any atom is 0.485 e. The Labute approximate surface area is 232 Å². The molecule has 0 saturated heterocycles. The fourth-order valence-electron chi connectivity index (χ4n) is 3.77. The zero-order chi connectivity index (χ0) is 27.6. The Bertz CT molecular complexity index is 886. The Balaban J connectivity index is 0.000000738. The van der Waals surface area contributed by atoms with Crippen LogP contribution in [0.25, 0.3) is 0 Å². The number of hydrogen-bond donors (Lipinski definition) is 0. The fourth-order valence-corrected chi connectivity index (χ4v) is 5.93. The molecule has 0 saturated carbocycles. The normalized spacial score (nSPS) is 11.7. The van der Waals surface area contributed by atoms with Gasteiger partial charge in [0.15, 0.2) is 17.3 Å². The van der Waals surface area contributed by atoms with E-state index >= 15 is 0 Å². The predicted octanol–water partition coefficient (Wildman–Crippen LogP) is 5.67. The van der Waals surface area contributed by atoms with Gasteiger partial charge in [-0.05, 0) is 61.1 Å². The third-order valence-corrected chi connectivity index (χ3v) is 9.22. The van der Waals surface area contributed by atoms with Crippen LogP contribution in [0.2, 0.25) is 0 Å².